The predicted molar refractivity (Wildman–Crippen MR) is 110 cm³/mol. The summed E-state index contributed by atoms with van der Waals surface area (Å²) in [7, 11) is 0. The molecule has 7 nitrogen and oxygen atoms in total. The molecule has 1 aliphatic rings. The minimum absolute atomic E-state index is 0.0332. The second kappa shape index (κ2) is 9.03. The molecule has 148 valence electrons. The van der Waals surface area contributed by atoms with Crippen molar-refractivity contribution < 1.29 is 9.72 Å². The number of carbonyl (C=O) groups is 1. The monoisotopic (exact) mass is 402 g/mol. The van der Waals surface area contributed by atoms with Gasteiger partial charge in [0, 0.05) is 43.8 Å². The molecular weight excluding hydrogens is 380 g/mol. The van der Waals surface area contributed by atoms with Crippen LogP contribution in [0, 0.1) is 10.1 Å². The van der Waals surface area contributed by atoms with Gasteiger partial charge in [-0.1, -0.05) is 35.9 Å². The van der Waals surface area contributed by atoms with Gasteiger partial charge in [-0.3, -0.25) is 19.8 Å². The van der Waals surface area contributed by atoms with Gasteiger partial charge in [0.1, 0.15) is 5.69 Å². The highest BCUT2D eigenvalue weighted by Crippen LogP contribution is 2.28. The van der Waals surface area contributed by atoms with Gasteiger partial charge in [0.15, 0.2) is 0 Å². The Morgan fingerprint density at radius 2 is 1.79 bits per heavy atom. The number of nitro groups is 1. The van der Waals surface area contributed by atoms with E-state index in [2.05, 4.69) is 10.2 Å². The van der Waals surface area contributed by atoms with Crippen LogP contribution in [0.2, 0.25) is 5.02 Å². The number of amides is 1. The molecule has 3 rings (SSSR count). The number of anilines is 1. The molecule has 2 aromatic carbocycles. The Kier molecular flexibility index (Phi) is 6.49. The van der Waals surface area contributed by atoms with Gasteiger partial charge in [0.2, 0.25) is 5.91 Å². The first-order valence-corrected chi connectivity index (χ1v) is 9.58. The highest BCUT2D eigenvalue weighted by Gasteiger charge is 2.28. The third-order valence-corrected chi connectivity index (χ3v) is 5.29. The first-order chi connectivity index (χ1) is 13.5. The van der Waals surface area contributed by atoms with Crippen LogP contribution in [0.5, 0.6) is 0 Å². The molecule has 1 N–H and O–H groups in total. The number of nitro benzene ring substituents is 1. The van der Waals surface area contributed by atoms with Crippen LogP contribution in [0.1, 0.15) is 12.5 Å². The van der Waals surface area contributed by atoms with Crippen LogP contribution in [0.4, 0.5) is 11.4 Å². The number of para-hydroxylation sites is 2. The maximum Gasteiger partial charge on any atom is 0.292 e. The van der Waals surface area contributed by atoms with Gasteiger partial charge in [-0.25, -0.2) is 0 Å². The largest absolute Gasteiger partial charge is 0.363 e. The summed E-state index contributed by atoms with van der Waals surface area (Å²) >= 11 is 5.87. The normalized spacial score (nSPS) is 15.9. The van der Waals surface area contributed by atoms with E-state index in [1.54, 1.807) is 24.3 Å². The third kappa shape index (κ3) is 4.79. The molecule has 0 bridgehead atoms. The molecule has 0 aliphatic carbocycles. The summed E-state index contributed by atoms with van der Waals surface area (Å²) in [6, 6.07) is 13.9. The lowest BCUT2D eigenvalue weighted by Gasteiger charge is -2.38. The topological polar surface area (TPSA) is 78.7 Å². The van der Waals surface area contributed by atoms with E-state index in [0.29, 0.717) is 43.4 Å². The van der Waals surface area contributed by atoms with Crippen LogP contribution in [-0.4, -0.2) is 48.0 Å². The second-order valence-electron chi connectivity index (χ2n) is 6.79. The van der Waals surface area contributed by atoms with Gasteiger partial charge in [0.05, 0.1) is 11.0 Å². The molecule has 8 heteroatoms. The zero-order valence-corrected chi connectivity index (χ0v) is 16.4. The van der Waals surface area contributed by atoms with E-state index in [1.807, 2.05) is 30.0 Å². The standard InChI is InChI=1S/C20H23ClN4O3/c1-15(20(26)22-14-16-6-8-17(21)9-7-16)23-10-12-24(13-11-23)18-4-2-3-5-19(18)25(27)28/h2-9,15H,10-14H2,1H3,(H,22,26). The number of hydrogen-bond donors (Lipinski definition) is 1. The van der Waals surface area contributed by atoms with E-state index in [4.69, 9.17) is 11.6 Å². The van der Waals surface area contributed by atoms with Crippen molar-refractivity contribution in [3.63, 3.8) is 0 Å². The number of piperazine rings is 1. The number of nitrogens with zero attached hydrogens (tertiary/aromatic N) is 3. The number of rotatable bonds is 6. The zero-order chi connectivity index (χ0) is 20.1. The molecule has 0 radical (unpaired) electrons. The first kappa shape index (κ1) is 20.1. The zero-order valence-electron chi connectivity index (χ0n) is 15.7. The molecule has 1 amide bonds. The van der Waals surface area contributed by atoms with Crippen molar-refractivity contribution in [2.75, 3.05) is 31.1 Å². The second-order valence-corrected chi connectivity index (χ2v) is 7.23. The van der Waals surface area contributed by atoms with E-state index in [1.165, 1.54) is 6.07 Å². The third-order valence-electron chi connectivity index (χ3n) is 5.04. The van der Waals surface area contributed by atoms with Crippen LogP contribution in [-0.2, 0) is 11.3 Å². The highest BCUT2D eigenvalue weighted by molar-refractivity contribution is 6.30. The quantitative estimate of drug-likeness (QED) is 0.593. The summed E-state index contributed by atoms with van der Waals surface area (Å²) in [6.45, 7) is 4.96. The molecule has 1 aliphatic heterocycles. The molecule has 1 atom stereocenters. The van der Waals surface area contributed by atoms with E-state index >= 15 is 0 Å². The SMILES string of the molecule is CC(C(=O)NCc1ccc(Cl)cc1)N1CCN(c2ccccc2[N+](=O)[O-])CC1. The Labute approximate surface area is 169 Å². The minimum atomic E-state index is -0.353. The Morgan fingerprint density at radius 3 is 2.43 bits per heavy atom. The molecule has 1 fully saturated rings. The molecule has 0 spiro atoms. The Morgan fingerprint density at radius 1 is 1.14 bits per heavy atom. The molecule has 28 heavy (non-hydrogen) atoms. The van der Waals surface area contributed by atoms with Crippen LogP contribution in [0.3, 0.4) is 0 Å². The Balaban J connectivity index is 1.53. The van der Waals surface area contributed by atoms with Crippen LogP contribution in [0.25, 0.3) is 0 Å². The molecule has 1 heterocycles. The highest BCUT2D eigenvalue weighted by atomic mass is 35.5. The maximum absolute atomic E-state index is 12.5. The van der Waals surface area contributed by atoms with Crippen LogP contribution >= 0.6 is 11.6 Å². The Bertz CT molecular complexity index is 836. The molecular formula is C20H23ClN4O3. The van der Waals surface area contributed by atoms with Crippen molar-refractivity contribution in [1.82, 2.24) is 10.2 Å². The van der Waals surface area contributed by atoms with Gasteiger partial charge in [-0.2, -0.15) is 0 Å². The fraction of sp³-hybridized carbons (Fsp3) is 0.350. The van der Waals surface area contributed by atoms with Crippen LogP contribution < -0.4 is 10.2 Å². The van der Waals surface area contributed by atoms with Gasteiger partial charge < -0.3 is 10.2 Å². The lowest BCUT2D eigenvalue weighted by Crippen LogP contribution is -2.54. The average molecular weight is 403 g/mol. The molecule has 0 saturated carbocycles. The van der Waals surface area contributed by atoms with E-state index in [9.17, 15) is 14.9 Å². The van der Waals surface area contributed by atoms with E-state index < -0.39 is 0 Å². The summed E-state index contributed by atoms with van der Waals surface area (Å²) < 4.78 is 0. The predicted octanol–water partition coefficient (Wildman–Crippen LogP) is 3.08. The van der Waals surface area contributed by atoms with E-state index in [0.717, 1.165) is 5.56 Å². The Hall–Kier alpha value is -2.64. The molecule has 1 unspecified atom stereocenters. The molecule has 0 aromatic heterocycles. The number of benzene rings is 2. The van der Waals surface area contributed by atoms with Crippen molar-refractivity contribution >= 4 is 28.9 Å². The summed E-state index contributed by atoms with van der Waals surface area (Å²) in [4.78, 5) is 27.5. The number of nitrogens with one attached hydrogen (secondary N) is 1. The fourth-order valence-electron chi connectivity index (χ4n) is 3.34. The number of hydrogen-bond acceptors (Lipinski definition) is 5. The van der Waals surface area contributed by atoms with Crippen molar-refractivity contribution in [3.05, 3.63) is 69.2 Å². The first-order valence-electron chi connectivity index (χ1n) is 9.20. The van der Waals surface area contributed by atoms with Crippen molar-refractivity contribution in [2.24, 2.45) is 0 Å². The molecule has 1 saturated heterocycles. The van der Waals surface area contributed by atoms with Gasteiger partial charge in [-0.05, 0) is 30.7 Å². The van der Waals surface area contributed by atoms with Gasteiger partial charge in [-0.15, -0.1) is 0 Å². The minimum Gasteiger partial charge on any atom is -0.363 e. The number of halogens is 1. The lowest BCUT2D eigenvalue weighted by molar-refractivity contribution is -0.384. The lowest BCUT2D eigenvalue weighted by atomic mass is 10.1. The summed E-state index contributed by atoms with van der Waals surface area (Å²) in [6.07, 6.45) is 0. The van der Waals surface area contributed by atoms with E-state index in [-0.39, 0.29) is 22.6 Å². The van der Waals surface area contributed by atoms with Gasteiger partial charge in [0.25, 0.3) is 5.69 Å². The van der Waals surface area contributed by atoms with Crippen molar-refractivity contribution in [2.45, 2.75) is 19.5 Å². The summed E-state index contributed by atoms with van der Waals surface area (Å²) in [5.41, 5.74) is 1.74. The molecule has 2 aromatic rings. The summed E-state index contributed by atoms with van der Waals surface area (Å²) in [5.74, 6) is -0.0332. The fourth-order valence-corrected chi connectivity index (χ4v) is 3.47. The maximum atomic E-state index is 12.5. The van der Waals surface area contributed by atoms with Crippen molar-refractivity contribution in [1.29, 1.82) is 0 Å². The number of carbonyl (C=O) groups excluding carboxylic acids is 1. The van der Waals surface area contributed by atoms with Crippen molar-refractivity contribution in [3.8, 4) is 0 Å². The van der Waals surface area contributed by atoms with Gasteiger partial charge >= 0.3 is 0 Å². The van der Waals surface area contributed by atoms with Crippen LogP contribution in [0.15, 0.2) is 48.5 Å². The smallest absolute Gasteiger partial charge is 0.292 e. The summed E-state index contributed by atoms with van der Waals surface area (Å²) in [5, 5.41) is 14.9. The average Bonchev–Trinajstić information content (AvgIpc) is 2.72.